The molecule has 9 nitrogen and oxygen atoms in total. The molecule has 0 aliphatic rings. The summed E-state index contributed by atoms with van der Waals surface area (Å²) in [6.45, 7) is 1.43. The van der Waals surface area contributed by atoms with E-state index in [-0.39, 0.29) is 43.0 Å². The summed E-state index contributed by atoms with van der Waals surface area (Å²) in [6.07, 6.45) is 0. The van der Waals surface area contributed by atoms with Gasteiger partial charge in [0.05, 0.1) is 20.7 Å². The third kappa shape index (κ3) is 292. The molecule has 0 amide bonds. The molecule has 12 heteroatoms. The van der Waals surface area contributed by atoms with Crippen LogP contribution in [0.15, 0.2) is 0 Å². The van der Waals surface area contributed by atoms with Crippen molar-refractivity contribution in [1.29, 1.82) is 0 Å². The van der Waals surface area contributed by atoms with Crippen molar-refractivity contribution >= 4 is 12.6 Å². The molecule has 0 heterocycles. The van der Waals surface area contributed by atoms with E-state index in [1.807, 2.05) is 0 Å². The molecule has 0 aromatic carbocycles. The van der Waals surface area contributed by atoms with Gasteiger partial charge in [-0.1, -0.05) is 0 Å². The van der Waals surface area contributed by atoms with Gasteiger partial charge in [0, 0.05) is 0 Å². The smallest absolute Gasteiger partial charge is 0.679 e. The predicted octanol–water partition coefficient (Wildman–Crippen LogP) is -1.89. The second-order valence-corrected chi connectivity index (χ2v) is 3.19. The van der Waals surface area contributed by atoms with Crippen molar-refractivity contribution in [2.75, 3.05) is 38.5 Å². The minimum atomic E-state index is -4.69. The number of hydrogen-bond donors (Lipinski definition) is 1. The van der Waals surface area contributed by atoms with Gasteiger partial charge in [0.1, 0.15) is 0 Å². The summed E-state index contributed by atoms with van der Waals surface area (Å²) in [4.78, 5) is 0. The van der Waals surface area contributed by atoms with Crippen molar-refractivity contribution < 1.29 is 45.7 Å². The Balaban J connectivity index is -0.0000000412. The fourth-order valence-corrected chi connectivity index (χ4v) is 0. The minimum absolute atomic E-state index is 0. The Bertz CT molecular complexity index is 95.0. The van der Waals surface area contributed by atoms with Gasteiger partial charge in [-0.05, 0) is 12.6 Å². The van der Waals surface area contributed by atoms with Gasteiger partial charge in [-0.3, -0.25) is 0 Å². The van der Waals surface area contributed by atoms with Gasteiger partial charge in [-0.15, -0.1) is 6.54 Å². The van der Waals surface area contributed by atoms with Crippen LogP contribution in [0.1, 0.15) is 0 Å². The van der Waals surface area contributed by atoms with E-state index in [0.29, 0.717) is 6.54 Å². The van der Waals surface area contributed by atoms with E-state index in [1.54, 1.807) is 0 Å². The molecule has 0 radical (unpaired) electrons. The van der Waals surface area contributed by atoms with Gasteiger partial charge < -0.3 is 28.7 Å². The van der Waals surface area contributed by atoms with Gasteiger partial charge in [0.15, 0.2) is 0 Å². The fourth-order valence-electron chi connectivity index (χ4n) is 0. The summed E-state index contributed by atoms with van der Waals surface area (Å²) in [6, 6.07) is 0. The van der Waals surface area contributed by atoms with Crippen LogP contribution in [0, 0.1) is 10.2 Å². The molecule has 6 N–H and O–H groups in total. The van der Waals surface area contributed by atoms with Crippen LogP contribution in [-0.2, 0) is 29.4 Å². The van der Waals surface area contributed by atoms with E-state index in [1.165, 1.54) is 0 Å². The molecule has 0 atom stereocenters. The molecule has 0 saturated carbocycles. The van der Waals surface area contributed by atoms with E-state index < -0.39 is 10.2 Å². The fraction of sp³-hybridized carbons (Fsp3) is 1.00. The topological polar surface area (TPSA) is 208 Å². The van der Waals surface area contributed by atoms with Gasteiger partial charge >= 0.3 is 16.8 Å². The van der Waals surface area contributed by atoms with Crippen molar-refractivity contribution in [3.05, 3.63) is 28.7 Å². The molecule has 0 bridgehead atoms. The molecule has 0 rings (SSSR count). The molecule has 0 aromatic rings. The Morgan fingerprint density at radius 1 is 0.778 bits per heavy atom. The van der Waals surface area contributed by atoms with Gasteiger partial charge in [-0.25, -0.2) is 0 Å². The van der Waals surface area contributed by atoms with Gasteiger partial charge in [0.25, 0.3) is 0 Å². The largest absolute Gasteiger partial charge is 3.00 e. The molecular formula is C6H20ClCoN5O4S-. The van der Waals surface area contributed by atoms with Crippen molar-refractivity contribution in [1.82, 2.24) is 0 Å². The van der Waals surface area contributed by atoms with Crippen LogP contribution >= 0.6 is 0 Å². The number of hydrogen-bond acceptors (Lipinski definition) is 4. The van der Waals surface area contributed by atoms with E-state index in [9.17, 15) is 0 Å². The maximum atomic E-state index is 8.60. The zero-order valence-electron chi connectivity index (χ0n) is 9.63. The third-order valence-corrected chi connectivity index (χ3v) is 0.625. The Kier molecular flexibility index (Phi) is 53.3. The van der Waals surface area contributed by atoms with Crippen molar-refractivity contribution in [3.8, 4) is 0 Å². The van der Waals surface area contributed by atoms with E-state index in [0.717, 1.165) is 5.75 Å². The Morgan fingerprint density at radius 2 is 0.889 bits per heavy atom. The second kappa shape index (κ2) is 30.7. The summed E-state index contributed by atoms with van der Waals surface area (Å²) in [5.41, 5.74) is 31.5. The van der Waals surface area contributed by atoms with Crippen LogP contribution < -0.4 is 14.0 Å². The summed E-state index contributed by atoms with van der Waals surface area (Å²) in [5.74, 6) is 0.792. The van der Waals surface area contributed by atoms with Crippen LogP contribution in [-0.4, -0.2) is 43.1 Å². The Morgan fingerprint density at radius 3 is 0.889 bits per heavy atom. The predicted molar refractivity (Wildman–Crippen MR) is 63.2 cm³/mol. The molecule has 0 saturated heterocycles. The van der Waals surface area contributed by atoms with Crippen molar-refractivity contribution in [3.63, 3.8) is 0 Å². The number of nitrogens with one attached hydrogen (secondary N) is 5. The van der Waals surface area contributed by atoms with Crippen LogP contribution in [0.5, 0.6) is 0 Å². The maximum absolute atomic E-state index is 8.60. The zero-order valence-corrected chi connectivity index (χ0v) is 12.4. The van der Waals surface area contributed by atoms with E-state index in [2.05, 4.69) is 12.6 Å². The molecule has 0 aromatic heterocycles. The van der Waals surface area contributed by atoms with Crippen LogP contribution in [0.4, 0.5) is 0 Å². The Labute approximate surface area is 125 Å². The van der Waals surface area contributed by atoms with E-state index >= 15 is 0 Å². The quantitative estimate of drug-likeness (QED) is 0.576. The van der Waals surface area contributed by atoms with Gasteiger partial charge in [0.2, 0.25) is 0 Å². The van der Waals surface area contributed by atoms with E-state index in [4.69, 9.17) is 47.3 Å². The monoisotopic (exact) mass is 352 g/mol. The molecular weight excluding hydrogens is 333 g/mol. The molecule has 0 spiro atoms. The van der Waals surface area contributed by atoms with Gasteiger partial charge in [-0.2, -0.15) is 40.2 Å². The molecule has 0 aliphatic carbocycles. The first-order chi connectivity index (χ1) is 7.74. The molecule has 0 aliphatic heterocycles. The van der Waals surface area contributed by atoms with Crippen LogP contribution in [0.25, 0.3) is 28.7 Å². The first-order valence-corrected chi connectivity index (χ1v) is 6.22. The first kappa shape index (κ1) is 31.3. The molecule has 18 heavy (non-hydrogen) atoms. The average Bonchev–Trinajstić information content (AvgIpc) is 2.27. The van der Waals surface area contributed by atoms with Crippen molar-refractivity contribution in [2.24, 2.45) is 0 Å². The van der Waals surface area contributed by atoms with Crippen LogP contribution in [0.2, 0.25) is 0 Å². The minimum Gasteiger partial charge on any atom is -0.679 e. The molecule has 0 unspecified atom stereocenters. The zero-order chi connectivity index (χ0) is 14.7. The number of rotatable bonds is 3. The summed E-state index contributed by atoms with van der Waals surface area (Å²) in [7, 11) is -4.69. The SMILES string of the molecule is [Co+3].[NH-]CC[NH-].[NH-]CC[NH-].[NH-]CC[SH2+].[O-][Cl+3]([O-])([O-])O. The number of halogens is 1. The molecule has 0 fully saturated rings. The normalized spacial score (nSPS) is 8.33. The third-order valence-electron chi connectivity index (χ3n) is 0.375. The summed E-state index contributed by atoms with van der Waals surface area (Å²) >= 11 is 3.10. The molecule has 116 valence electrons. The van der Waals surface area contributed by atoms with Crippen LogP contribution in [0.3, 0.4) is 0 Å². The maximum Gasteiger partial charge on any atom is 3.00 e. The summed E-state index contributed by atoms with van der Waals surface area (Å²) in [5, 5.41) is 0. The Hall–Kier alpha value is 0.786. The average molecular weight is 353 g/mol. The summed E-state index contributed by atoms with van der Waals surface area (Å²) < 4.78 is 32.7. The van der Waals surface area contributed by atoms with Crippen molar-refractivity contribution in [2.45, 2.75) is 0 Å². The second-order valence-electron chi connectivity index (χ2n) is 1.90. The standard InChI is InChI=1S/2C2H6N2.C2H6NS.ClHO4.Co/c3*3-1-2-4;2-1(3,4)5;/h3*3-4H,1-2H2;(H,2,3,4,5);/q2*-2;-1;;+3/p+1. The first-order valence-electron chi connectivity index (χ1n) is 4.25.